The lowest BCUT2D eigenvalue weighted by molar-refractivity contribution is 0.102. The van der Waals surface area contributed by atoms with Crippen LogP contribution in [0.3, 0.4) is 0 Å². The maximum absolute atomic E-state index is 12.5. The minimum atomic E-state index is -3.71. The molecule has 8 heteroatoms. The van der Waals surface area contributed by atoms with E-state index in [-0.39, 0.29) is 16.6 Å². The fraction of sp³-hybridized carbons (Fsp3) is 0.250. The fourth-order valence-electron chi connectivity index (χ4n) is 1.96. The Hall–Kier alpha value is -2.45. The Morgan fingerprint density at radius 2 is 2.04 bits per heavy atom. The van der Waals surface area contributed by atoms with Gasteiger partial charge in [-0.05, 0) is 37.3 Å². The smallest absolute Gasteiger partial charge is 0.257 e. The molecule has 0 unspecified atom stereocenters. The second-order valence-corrected chi connectivity index (χ2v) is 7.20. The van der Waals surface area contributed by atoms with Crippen molar-refractivity contribution >= 4 is 21.6 Å². The molecule has 2 aromatic rings. The van der Waals surface area contributed by atoms with E-state index in [1.165, 1.54) is 32.4 Å². The van der Waals surface area contributed by atoms with Crippen LogP contribution in [0.25, 0.3) is 0 Å². The van der Waals surface area contributed by atoms with Crippen molar-refractivity contribution in [1.82, 2.24) is 9.29 Å². The molecule has 0 radical (unpaired) electrons. The maximum Gasteiger partial charge on any atom is 0.257 e. The molecule has 2 rings (SSSR count). The number of ether oxygens (including phenoxy) is 1. The van der Waals surface area contributed by atoms with Crippen LogP contribution in [0.1, 0.15) is 17.3 Å². The van der Waals surface area contributed by atoms with E-state index in [1.54, 1.807) is 31.3 Å². The van der Waals surface area contributed by atoms with Gasteiger partial charge < -0.3 is 10.1 Å². The van der Waals surface area contributed by atoms with Gasteiger partial charge >= 0.3 is 0 Å². The lowest BCUT2D eigenvalue weighted by atomic mass is 10.2. The molecule has 7 nitrogen and oxygen atoms in total. The van der Waals surface area contributed by atoms with Crippen molar-refractivity contribution in [3.63, 3.8) is 0 Å². The first kappa shape index (κ1) is 17.9. The second kappa shape index (κ2) is 7.41. The molecule has 1 amide bonds. The Morgan fingerprint density at radius 3 is 2.62 bits per heavy atom. The van der Waals surface area contributed by atoms with E-state index in [2.05, 4.69) is 10.3 Å². The molecule has 1 heterocycles. The van der Waals surface area contributed by atoms with E-state index < -0.39 is 10.0 Å². The number of rotatable bonds is 6. The number of hydrogen-bond acceptors (Lipinski definition) is 5. The van der Waals surface area contributed by atoms with Crippen LogP contribution in [0.2, 0.25) is 0 Å². The molecule has 0 saturated heterocycles. The first-order valence-corrected chi connectivity index (χ1v) is 8.71. The lowest BCUT2D eigenvalue weighted by Gasteiger charge is -2.16. The van der Waals surface area contributed by atoms with Gasteiger partial charge in [0.1, 0.15) is 10.6 Å². The number of anilines is 1. The van der Waals surface area contributed by atoms with Crippen molar-refractivity contribution in [2.24, 2.45) is 0 Å². The summed E-state index contributed by atoms with van der Waals surface area (Å²) in [4.78, 5) is 16.1. The molecule has 1 aromatic carbocycles. The monoisotopic (exact) mass is 349 g/mol. The molecule has 128 valence electrons. The number of carbonyl (C=O) groups excluding carboxylic acids is 1. The summed E-state index contributed by atoms with van der Waals surface area (Å²) >= 11 is 0. The van der Waals surface area contributed by atoms with Crippen LogP contribution < -0.4 is 10.1 Å². The quantitative estimate of drug-likeness (QED) is 0.861. The minimum Gasteiger partial charge on any atom is -0.492 e. The number of benzene rings is 1. The molecule has 0 atom stereocenters. The second-order valence-electron chi connectivity index (χ2n) is 5.08. The first-order chi connectivity index (χ1) is 11.4. The van der Waals surface area contributed by atoms with E-state index >= 15 is 0 Å². The van der Waals surface area contributed by atoms with Gasteiger partial charge in [-0.3, -0.25) is 9.78 Å². The lowest BCUT2D eigenvalue weighted by Crippen LogP contribution is -2.23. The maximum atomic E-state index is 12.5. The van der Waals surface area contributed by atoms with Gasteiger partial charge in [-0.2, -0.15) is 0 Å². The van der Waals surface area contributed by atoms with E-state index in [1.807, 2.05) is 0 Å². The van der Waals surface area contributed by atoms with Crippen LogP contribution in [0.15, 0.2) is 47.6 Å². The molecule has 0 spiro atoms. The van der Waals surface area contributed by atoms with Crippen molar-refractivity contribution in [2.75, 3.05) is 26.0 Å². The molecule has 0 aliphatic rings. The number of aromatic nitrogens is 1. The van der Waals surface area contributed by atoms with Crippen LogP contribution in [0.4, 0.5) is 5.69 Å². The van der Waals surface area contributed by atoms with Gasteiger partial charge in [-0.1, -0.05) is 0 Å². The molecule has 1 N–H and O–H groups in total. The third-order valence-corrected chi connectivity index (χ3v) is 5.02. The molecule has 0 aliphatic heterocycles. The fourth-order valence-corrected chi connectivity index (χ4v) is 3.01. The summed E-state index contributed by atoms with van der Waals surface area (Å²) < 4.78 is 31.4. The van der Waals surface area contributed by atoms with Crippen LogP contribution in [0, 0.1) is 0 Å². The minimum absolute atomic E-state index is 0.00154. The standard InChI is InChI=1S/C16H19N3O4S/c1-4-23-14-8-7-13(10-15(14)24(21,22)19(2)3)18-16(20)12-6-5-9-17-11-12/h5-11H,4H2,1-3H3,(H,18,20). The number of amides is 1. The average molecular weight is 349 g/mol. The van der Waals surface area contributed by atoms with Crippen molar-refractivity contribution < 1.29 is 17.9 Å². The molecular formula is C16H19N3O4S. The SMILES string of the molecule is CCOc1ccc(NC(=O)c2cccnc2)cc1S(=O)(=O)N(C)C. The predicted molar refractivity (Wildman–Crippen MR) is 90.7 cm³/mol. The zero-order chi connectivity index (χ0) is 17.7. The summed E-state index contributed by atoms with van der Waals surface area (Å²) in [7, 11) is -0.835. The summed E-state index contributed by atoms with van der Waals surface area (Å²) in [5, 5.41) is 2.66. The Morgan fingerprint density at radius 1 is 1.29 bits per heavy atom. The molecule has 0 fully saturated rings. The van der Waals surface area contributed by atoms with Gasteiger partial charge in [0.05, 0.1) is 12.2 Å². The first-order valence-electron chi connectivity index (χ1n) is 7.27. The molecule has 0 aliphatic carbocycles. The van der Waals surface area contributed by atoms with Crippen LogP contribution in [0.5, 0.6) is 5.75 Å². The zero-order valence-electron chi connectivity index (χ0n) is 13.7. The molecular weight excluding hydrogens is 330 g/mol. The zero-order valence-corrected chi connectivity index (χ0v) is 14.5. The van der Waals surface area contributed by atoms with Crippen LogP contribution in [-0.4, -0.2) is 44.3 Å². The van der Waals surface area contributed by atoms with Crippen molar-refractivity contribution in [1.29, 1.82) is 0 Å². The van der Waals surface area contributed by atoms with Gasteiger partial charge in [-0.25, -0.2) is 12.7 Å². The topological polar surface area (TPSA) is 88.6 Å². The Balaban J connectivity index is 2.38. The summed E-state index contributed by atoms with van der Waals surface area (Å²) in [5.74, 6) is -0.133. The highest BCUT2D eigenvalue weighted by molar-refractivity contribution is 7.89. The largest absolute Gasteiger partial charge is 0.492 e. The van der Waals surface area contributed by atoms with E-state index in [0.717, 1.165) is 4.31 Å². The number of hydrogen-bond donors (Lipinski definition) is 1. The summed E-state index contributed by atoms with van der Waals surface area (Å²) in [6.07, 6.45) is 3.00. The molecule has 0 saturated carbocycles. The van der Waals surface area contributed by atoms with Gasteiger partial charge in [0, 0.05) is 32.2 Å². The number of sulfonamides is 1. The molecule has 24 heavy (non-hydrogen) atoms. The highest BCUT2D eigenvalue weighted by Crippen LogP contribution is 2.29. The Bertz CT molecular complexity index is 820. The summed E-state index contributed by atoms with van der Waals surface area (Å²) in [5.41, 5.74) is 0.733. The van der Waals surface area contributed by atoms with Crippen molar-refractivity contribution in [3.05, 3.63) is 48.3 Å². The van der Waals surface area contributed by atoms with E-state index in [9.17, 15) is 13.2 Å². The van der Waals surface area contributed by atoms with Gasteiger partial charge in [0.15, 0.2) is 0 Å². The predicted octanol–water partition coefficient (Wildman–Crippen LogP) is 1.98. The number of carbonyl (C=O) groups is 1. The van der Waals surface area contributed by atoms with Crippen LogP contribution >= 0.6 is 0 Å². The Labute approximate surface area is 141 Å². The van der Waals surface area contributed by atoms with Crippen molar-refractivity contribution in [3.8, 4) is 5.75 Å². The van der Waals surface area contributed by atoms with E-state index in [4.69, 9.17) is 4.74 Å². The van der Waals surface area contributed by atoms with Crippen molar-refractivity contribution in [2.45, 2.75) is 11.8 Å². The van der Waals surface area contributed by atoms with Gasteiger partial charge in [0.2, 0.25) is 10.0 Å². The van der Waals surface area contributed by atoms with Gasteiger partial charge in [-0.15, -0.1) is 0 Å². The normalized spacial score (nSPS) is 11.3. The van der Waals surface area contributed by atoms with Gasteiger partial charge in [0.25, 0.3) is 5.91 Å². The highest BCUT2D eigenvalue weighted by Gasteiger charge is 2.23. The Kier molecular flexibility index (Phi) is 5.53. The van der Waals surface area contributed by atoms with Crippen LogP contribution in [-0.2, 0) is 10.0 Å². The third kappa shape index (κ3) is 3.90. The number of nitrogens with one attached hydrogen (secondary N) is 1. The summed E-state index contributed by atoms with van der Waals surface area (Å²) in [6.45, 7) is 2.10. The molecule has 0 bridgehead atoms. The third-order valence-electron chi connectivity index (χ3n) is 3.18. The number of pyridine rings is 1. The summed E-state index contributed by atoms with van der Waals surface area (Å²) in [6, 6.07) is 7.77. The average Bonchev–Trinajstić information content (AvgIpc) is 2.57. The highest BCUT2D eigenvalue weighted by atomic mass is 32.2. The van der Waals surface area contributed by atoms with E-state index in [0.29, 0.717) is 17.9 Å². The molecule has 1 aromatic heterocycles. The number of nitrogens with zero attached hydrogens (tertiary/aromatic N) is 2.